The maximum absolute atomic E-state index is 13.4. The monoisotopic (exact) mass is 1380 g/mol. The lowest BCUT2D eigenvalue weighted by Crippen LogP contribution is -2.53. The van der Waals surface area contributed by atoms with Gasteiger partial charge in [-0.05, 0) is 61.9 Å². The number of ether oxygens (including phenoxy) is 14. The number of anilines is 1. The first-order valence-electron chi connectivity index (χ1n) is 32.3. The average Bonchev–Trinajstić information content (AvgIpc) is 2.21. The number of amides is 8. The Bertz CT molecular complexity index is 2620. The van der Waals surface area contributed by atoms with Gasteiger partial charge in [-0.1, -0.05) is 26.0 Å². The number of rotatable bonds is 59. The predicted octanol–water partition coefficient (Wildman–Crippen LogP) is 1.71. The summed E-state index contributed by atoms with van der Waals surface area (Å²) in [4.78, 5) is 125. The van der Waals surface area contributed by atoms with Gasteiger partial charge in [0.05, 0.1) is 163 Å². The molecular formula is C64H98N8O25. The summed E-state index contributed by atoms with van der Waals surface area (Å²) in [6.07, 6.45) is 2.63. The van der Waals surface area contributed by atoms with E-state index < -0.39 is 70.6 Å². The van der Waals surface area contributed by atoms with Gasteiger partial charge in [0.1, 0.15) is 30.5 Å². The number of imide groups is 1. The molecule has 0 spiro atoms. The first kappa shape index (κ1) is 83.6. The van der Waals surface area contributed by atoms with Crippen LogP contribution in [0.5, 0.6) is 5.75 Å². The van der Waals surface area contributed by atoms with Crippen molar-refractivity contribution in [2.45, 2.75) is 84.0 Å². The van der Waals surface area contributed by atoms with Crippen LogP contribution in [-0.4, -0.2) is 260 Å². The van der Waals surface area contributed by atoms with Crippen LogP contribution in [0.2, 0.25) is 0 Å². The molecule has 0 aromatic heterocycles. The third kappa shape index (κ3) is 41.2. The lowest BCUT2D eigenvalue weighted by molar-refractivity contribution is -0.384. The third-order valence-corrected chi connectivity index (χ3v) is 13.5. The Morgan fingerprint density at radius 3 is 1.45 bits per heavy atom. The third-order valence-electron chi connectivity index (χ3n) is 13.5. The molecule has 0 fully saturated rings. The van der Waals surface area contributed by atoms with E-state index in [1.165, 1.54) is 43.3 Å². The molecule has 0 saturated heterocycles. The number of hydrogen-bond donors (Lipinski definition) is 6. The second kappa shape index (κ2) is 53.4. The largest absolute Gasteiger partial charge is 0.514 e. The molecular weight excluding hydrogens is 1280 g/mol. The summed E-state index contributed by atoms with van der Waals surface area (Å²) in [6, 6.07) is 8.35. The normalized spacial score (nSPS) is 12.9. The molecule has 544 valence electrons. The Balaban J connectivity index is 1.26. The lowest BCUT2D eigenvalue weighted by Gasteiger charge is -2.24. The number of hydrogen-bond acceptors (Lipinski definition) is 25. The minimum absolute atomic E-state index is 0.00705. The fourth-order valence-corrected chi connectivity index (χ4v) is 8.19. The maximum atomic E-state index is 13.4. The van der Waals surface area contributed by atoms with Crippen molar-refractivity contribution in [1.82, 2.24) is 31.5 Å². The molecule has 1 aliphatic rings. The smallest absolute Gasteiger partial charge is 0.429 e. The highest BCUT2D eigenvalue weighted by Crippen LogP contribution is 2.19. The molecule has 0 bridgehead atoms. The van der Waals surface area contributed by atoms with E-state index in [2.05, 4.69) is 31.9 Å². The topological polar surface area (TPSA) is 401 Å². The van der Waals surface area contributed by atoms with Crippen molar-refractivity contribution >= 4 is 64.8 Å². The molecule has 0 aliphatic carbocycles. The van der Waals surface area contributed by atoms with Crippen LogP contribution in [0.4, 0.5) is 16.2 Å². The highest BCUT2D eigenvalue weighted by molar-refractivity contribution is 6.12. The van der Waals surface area contributed by atoms with Gasteiger partial charge in [-0.25, -0.2) is 4.79 Å². The van der Waals surface area contributed by atoms with Crippen LogP contribution in [0.3, 0.4) is 0 Å². The molecule has 1 aliphatic heterocycles. The predicted molar refractivity (Wildman–Crippen MR) is 346 cm³/mol. The Hall–Kier alpha value is -7.67. The fourth-order valence-electron chi connectivity index (χ4n) is 8.19. The van der Waals surface area contributed by atoms with Crippen molar-refractivity contribution in [1.29, 1.82) is 0 Å². The van der Waals surface area contributed by atoms with Gasteiger partial charge in [0, 0.05) is 69.4 Å². The zero-order valence-corrected chi connectivity index (χ0v) is 56.0. The molecule has 6 N–H and O–H groups in total. The molecule has 0 unspecified atom stereocenters. The summed E-state index contributed by atoms with van der Waals surface area (Å²) in [7, 11) is 1.62. The van der Waals surface area contributed by atoms with Crippen LogP contribution in [0.1, 0.15) is 64.9 Å². The summed E-state index contributed by atoms with van der Waals surface area (Å²) < 4.78 is 75.4. The van der Waals surface area contributed by atoms with Gasteiger partial charge in [-0.15, -0.1) is 0 Å². The number of carbonyl (C=O) groups is 9. The summed E-state index contributed by atoms with van der Waals surface area (Å²) in [6.45, 7) is 12.6. The molecule has 1 heterocycles. The molecule has 33 nitrogen and oxygen atoms in total. The molecule has 3 rings (SSSR count). The first-order chi connectivity index (χ1) is 47.0. The number of carbonyl (C=O) groups excluding carboxylic acids is 9. The van der Waals surface area contributed by atoms with Gasteiger partial charge in [-0.3, -0.25) is 53.4 Å². The van der Waals surface area contributed by atoms with Gasteiger partial charge in [0.25, 0.3) is 17.5 Å². The van der Waals surface area contributed by atoms with Crippen LogP contribution in [0.15, 0.2) is 60.7 Å². The van der Waals surface area contributed by atoms with Crippen LogP contribution in [0, 0.1) is 16.0 Å². The standard InChI is InChI=1S/C64H98N8O25/c1-48(2)60(63(80)67-49(3)61(78)68-51-10-8-50(9-11-51)47-96-64(81)97-53-14-12-52(13-15-53)72(82)83)70-57(75)20-26-87-31-34-88-27-22-66-62(79)54(69-56(74)19-25-86-32-35-89-28-23-71-58(76)16-17-59(71)77)7-5-6-21-65-55(73)18-24-85-33-36-91-39-40-93-43-44-95-46-45-94-42-41-92-38-37-90-30-29-84-4/h8-17,48-49,54,60H,5-7,18-47H2,1-4H3,(H,65,73)(H,66,79)(H,67,80)(H,68,78)(H,69,74)(H,70,75)/t49-,54-,60-/m0/s1. The Morgan fingerprint density at radius 1 is 0.495 bits per heavy atom. The first-order valence-corrected chi connectivity index (χ1v) is 32.3. The van der Waals surface area contributed by atoms with E-state index in [0.29, 0.717) is 123 Å². The van der Waals surface area contributed by atoms with Crippen LogP contribution >= 0.6 is 0 Å². The summed E-state index contributed by atoms with van der Waals surface area (Å²) in [5.74, 6) is -3.74. The number of benzene rings is 2. The van der Waals surface area contributed by atoms with E-state index in [0.717, 1.165) is 4.90 Å². The Kier molecular flexibility index (Phi) is 46.0. The number of nitrogens with zero attached hydrogens (tertiary/aromatic N) is 2. The highest BCUT2D eigenvalue weighted by Gasteiger charge is 2.28. The van der Waals surface area contributed by atoms with E-state index in [-0.39, 0.29) is 128 Å². The number of methoxy groups -OCH3 is 1. The summed E-state index contributed by atoms with van der Waals surface area (Å²) >= 11 is 0. The van der Waals surface area contributed by atoms with Crippen molar-refractivity contribution in [2.24, 2.45) is 5.92 Å². The van der Waals surface area contributed by atoms with Crippen LogP contribution < -0.4 is 36.6 Å². The van der Waals surface area contributed by atoms with Crippen molar-refractivity contribution in [3.8, 4) is 5.75 Å². The second-order valence-electron chi connectivity index (χ2n) is 21.5. The minimum atomic E-state index is -1.03. The van der Waals surface area contributed by atoms with Crippen molar-refractivity contribution in [3.63, 3.8) is 0 Å². The lowest BCUT2D eigenvalue weighted by atomic mass is 10.0. The molecule has 33 heteroatoms. The zero-order valence-electron chi connectivity index (χ0n) is 56.0. The maximum Gasteiger partial charge on any atom is 0.514 e. The number of nitro benzene ring substituents is 1. The average molecular weight is 1380 g/mol. The molecule has 2 aromatic carbocycles. The van der Waals surface area contributed by atoms with E-state index >= 15 is 0 Å². The van der Waals surface area contributed by atoms with Crippen molar-refractivity contribution in [3.05, 3.63) is 76.4 Å². The summed E-state index contributed by atoms with van der Waals surface area (Å²) in [5, 5.41) is 27.2. The minimum Gasteiger partial charge on any atom is -0.429 e. The second-order valence-corrected chi connectivity index (χ2v) is 21.5. The van der Waals surface area contributed by atoms with Crippen LogP contribution in [-0.2, 0) is 107 Å². The SMILES string of the molecule is COCCOCCOCCOCCOCCOCCOCCOCCC(=O)NCCCC[C@H](NC(=O)CCOCCOCCN1C(=O)C=CC1=O)C(=O)NCCOCCOCCC(=O)N[C@H](C(=O)N[C@@H](C)C(=O)Nc1ccc(COC(=O)Oc2ccc([N+](=O)[O-])cc2)cc1)C(C)C. The van der Waals surface area contributed by atoms with Gasteiger partial charge in [0.15, 0.2) is 0 Å². The van der Waals surface area contributed by atoms with Crippen LogP contribution in [0.25, 0.3) is 0 Å². The molecule has 3 atom stereocenters. The zero-order chi connectivity index (χ0) is 70.5. The van der Waals surface area contributed by atoms with Crippen molar-refractivity contribution in [2.75, 3.05) is 184 Å². The molecule has 97 heavy (non-hydrogen) atoms. The number of nitrogens with one attached hydrogen (secondary N) is 6. The van der Waals surface area contributed by atoms with Gasteiger partial charge in [-0.2, -0.15) is 0 Å². The molecule has 0 radical (unpaired) electrons. The highest BCUT2D eigenvalue weighted by atomic mass is 16.7. The van der Waals surface area contributed by atoms with E-state index in [1.807, 2.05) is 0 Å². The van der Waals surface area contributed by atoms with Crippen molar-refractivity contribution < 1.29 is 114 Å². The fraction of sp³-hybridized carbons (Fsp3) is 0.641. The Labute approximate surface area is 565 Å². The number of unbranched alkanes of at least 4 members (excludes halogenated alkanes) is 1. The van der Waals surface area contributed by atoms with E-state index in [9.17, 15) is 53.3 Å². The van der Waals surface area contributed by atoms with Gasteiger partial charge < -0.3 is 98.2 Å². The molecule has 0 saturated carbocycles. The Morgan fingerprint density at radius 2 is 0.959 bits per heavy atom. The van der Waals surface area contributed by atoms with E-state index in [4.69, 9.17) is 66.3 Å². The number of non-ortho nitro benzene ring substituents is 1. The molecule has 8 amide bonds. The van der Waals surface area contributed by atoms with E-state index in [1.54, 1.807) is 45.2 Å². The quantitative estimate of drug-likeness (QED) is 0.0137. The summed E-state index contributed by atoms with van der Waals surface area (Å²) in [5.41, 5.74) is 0.785. The molecule has 2 aromatic rings. The van der Waals surface area contributed by atoms with Gasteiger partial charge >= 0.3 is 6.16 Å². The van der Waals surface area contributed by atoms with Gasteiger partial charge in [0.2, 0.25) is 35.4 Å². The number of nitro groups is 1.